The Labute approximate surface area is 175 Å². The predicted octanol–water partition coefficient (Wildman–Crippen LogP) is 3.72. The third-order valence-electron chi connectivity index (χ3n) is 4.39. The number of nitrogens with zero attached hydrogens (tertiary/aromatic N) is 5. The van der Waals surface area contributed by atoms with Crippen LogP contribution in [0.25, 0.3) is 28.3 Å². The molecule has 0 aliphatic rings. The zero-order chi connectivity index (χ0) is 20.6. The number of thiophene rings is 1. The van der Waals surface area contributed by atoms with Gasteiger partial charge in [0.2, 0.25) is 0 Å². The summed E-state index contributed by atoms with van der Waals surface area (Å²) in [4.78, 5) is 4.02. The van der Waals surface area contributed by atoms with Gasteiger partial charge in [0.15, 0.2) is 11.5 Å². The third kappa shape index (κ3) is 3.42. The van der Waals surface area contributed by atoms with Gasteiger partial charge in [-0.3, -0.25) is 9.71 Å². The number of aromatic nitrogens is 5. The van der Waals surface area contributed by atoms with Gasteiger partial charge in [-0.05, 0) is 47.8 Å². The Hall–Kier alpha value is -3.63. The molecule has 0 aliphatic heterocycles. The van der Waals surface area contributed by atoms with E-state index in [4.69, 9.17) is 0 Å². The van der Waals surface area contributed by atoms with Gasteiger partial charge < -0.3 is 0 Å². The molecule has 4 aromatic heterocycles. The van der Waals surface area contributed by atoms with Crippen molar-refractivity contribution in [2.24, 2.45) is 0 Å². The normalized spacial score (nSPS) is 11.6. The second kappa shape index (κ2) is 7.32. The summed E-state index contributed by atoms with van der Waals surface area (Å²) in [5.74, 6) is 0.620. The van der Waals surface area contributed by atoms with Crippen molar-refractivity contribution in [2.45, 2.75) is 4.21 Å². The van der Waals surface area contributed by atoms with Gasteiger partial charge in [0.1, 0.15) is 4.21 Å². The van der Waals surface area contributed by atoms with Crippen LogP contribution in [0.4, 0.5) is 5.69 Å². The first kappa shape index (κ1) is 18.4. The minimum atomic E-state index is -3.58. The number of nitrogens with one attached hydrogen (secondary N) is 1. The Bertz CT molecular complexity index is 1410. The van der Waals surface area contributed by atoms with E-state index >= 15 is 0 Å². The maximum atomic E-state index is 12.4. The minimum absolute atomic E-state index is 0.273. The SMILES string of the molecule is O=S(=O)(Nc1ccc(-c2ccc3nnc(-c4ccncc4)n3n2)cc1)c1cccs1. The molecule has 10 heteroatoms. The summed E-state index contributed by atoms with van der Waals surface area (Å²) in [6.45, 7) is 0. The molecule has 0 saturated carbocycles. The molecule has 0 fully saturated rings. The van der Waals surface area contributed by atoms with Crippen molar-refractivity contribution in [3.63, 3.8) is 0 Å². The number of fused-ring (bicyclic) bond motifs is 1. The number of sulfonamides is 1. The molecule has 148 valence electrons. The zero-order valence-electron chi connectivity index (χ0n) is 15.4. The van der Waals surface area contributed by atoms with E-state index < -0.39 is 10.0 Å². The molecule has 1 aromatic carbocycles. The van der Waals surface area contributed by atoms with E-state index in [1.807, 2.05) is 36.4 Å². The van der Waals surface area contributed by atoms with Crippen molar-refractivity contribution in [1.82, 2.24) is 24.8 Å². The monoisotopic (exact) mass is 434 g/mol. The van der Waals surface area contributed by atoms with E-state index in [0.29, 0.717) is 22.9 Å². The number of hydrogen-bond acceptors (Lipinski definition) is 7. The summed E-state index contributed by atoms with van der Waals surface area (Å²) in [7, 11) is -3.58. The highest BCUT2D eigenvalue weighted by Crippen LogP contribution is 2.24. The van der Waals surface area contributed by atoms with E-state index in [0.717, 1.165) is 11.1 Å². The Morgan fingerprint density at radius 2 is 1.67 bits per heavy atom. The van der Waals surface area contributed by atoms with Crippen molar-refractivity contribution in [3.05, 3.63) is 78.4 Å². The fraction of sp³-hybridized carbons (Fsp3) is 0. The first-order chi connectivity index (χ1) is 14.6. The highest BCUT2D eigenvalue weighted by Gasteiger charge is 2.15. The van der Waals surface area contributed by atoms with Crippen molar-refractivity contribution in [3.8, 4) is 22.6 Å². The molecule has 0 amide bonds. The molecule has 8 nitrogen and oxygen atoms in total. The number of benzene rings is 1. The van der Waals surface area contributed by atoms with E-state index in [2.05, 4.69) is 25.0 Å². The highest BCUT2D eigenvalue weighted by molar-refractivity contribution is 7.94. The van der Waals surface area contributed by atoms with Gasteiger partial charge in [-0.15, -0.1) is 21.5 Å². The van der Waals surface area contributed by atoms with Gasteiger partial charge in [0.25, 0.3) is 10.0 Å². The smallest absolute Gasteiger partial charge is 0.271 e. The first-order valence-corrected chi connectivity index (χ1v) is 11.3. The average molecular weight is 435 g/mol. The molecule has 5 aromatic rings. The van der Waals surface area contributed by atoms with E-state index in [1.165, 1.54) is 11.3 Å². The average Bonchev–Trinajstić information content (AvgIpc) is 3.45. The van der Waals surface area contributed by atoms with E-state index in [1.54, 1.807) is 46.6 Å². The molecule has 0 aliphatic carbocycles. The summed E-state index contributed by atoms with van der Waals surface area (Å²) in [6.07, 6.45) is 3.38. The van der Waals surface area contributed by atoms with Crippen LogP contribution < -0.4 is 4.72 Å². The largest absolute Gasteiger partial charge is 0.279 e. The highest BCUT2D eigenvalue weighted by atomic mass is 32.2. The van der Waals surface area contributed by atoms with Crippen molar-refractivity contribution < 1.29 is 8.42 Å². The summed E-state index contributed by atoms with van der Waals surface area (Å²) >= 11 is 1.17. The molecule has 1 N–H and O–H groups in total. The maximum absolute atomic E-state index is 12.4. The molecule has 0 saturated heterocycles. The summed E-state index contributed by atoms with van der Waals surface area (Å²) in [5, 5.41) is 14.8. The molecule has 5 rings (SSSR count). The van der Waals surface area contributed by atoms with Gasteiger partial charge in [0.05, 0.1) is 5.69 Å². The van der Waals surface area contributed by atoms with E-state index in [-0.39, 0.29) is 4.21 Å². The lowest BCUT2D eigenvalue weighted by atomic mass is 10.1. The molecule has 0 spiro atoms. The van der Waals surface area contributed by atoms with Gasteiger partial charge in [-0.1, -0.05) is 18.2 Å². The van der Waals surface area contributed by atoms with Crippen molar-refractivity contribution in [1.29, 1.82) is 0 Å². The van der Waals surface area contributed by atoms with Crippen LogP contribution in [-0.2, 0) is 10.0 Å². The van der Waals surface area contributed by atoms with Crippen LogP contribution in [0.1, 0.15) is 0 Å². The Kier molecular flexibility index (Phi) is 4.49. The van der Waals surface area contributed by atoms with Gasteiger partial charge in [-0.25, -0.2) is 8.42 Å². The topological polar surface area (TPSA) is 102 Å². The Morgan fingerprint density at radius 1 is 0.867 bits per heavy atom. The molecule has 0 unspecified atom stereocenters. The fourth-order valence-electron chi connectivity index (χ4n) is 2.95. The number of pyridine rings is 1. The van der Waals surface area contributed by atoms with Gasteiger partial charge in [0, 0.05) is 29.2 Å². The minimum Gasteiger partial charge on any atom is -0.279 e. The number of hydrogen-bond donors (Lipinski definition) is 1. The summed E-state index contributed by atoms with van der Waals surface area (Å²) < 4.78 is 29.3. The predicted molar refractivity (Wildman–Crippen MR) is 115 cm³/mol. The molecule has 0 radical (unpaired) electrons. The number of anilines is 1. The second-order valence-electron chi connectivity index (χ2n) is 6.36. The van der Waals surface area contributed by atoms with Gasteiger partial charge in [-0.2, -0.15) is 9.61 Å². The molecule has 30 heavy (non-hydrogen) atoms. The van der Waals surface area contributed by atoms with Crippen molar-refractivity contribution >= 4 is 32.7 Å². The van der Waals surface area contributed by atoms with Crippen LogP contribution in [0.2, 0.25) is 0 Å². The van der Waals surface area contributed by atoms with Crippen LogP contribution >= 0.6 is 11.3 Å². The fourth-order valence-corrected chi connectivity index (χ4v) is 5.01. The van der Waals surface area contributed by atoms with Crippen LogP contribution in [0.5, 0.6) is 0 Å². The van der Waals surface area contributed by atoms with Gasteiger partial charge >= 0.3 is 0 Å². The molecule has 4 heterocycles. The molecular weight excluding hydrogens is 420 g/mol. The van der Waals surface area contributed by atoms with Crippen LogP contribution in [0.15, 0.2) is 82.6 Å². The number of rotatable bonds is 5. The maximum Gasteiger partial charge on any atom is 0.271 e. The van der Waals surface area contributed by atoms with Crippen LogP contribution in [0.3, 0.4) is 0 Å². The molecule has 0 bridgehead atoms. The Morgan fingerprint density at radius 3 is 2.40 bits per heavy atom. The standard InChI is InChI=1S/C20H14N6O2S2/c27-30(28,19-2-1-13-29-19)25-16-5-3-14(4-6-16)17-7-8-18-22-23-20(26(18)24-17)15-9-11-21-12-10-15/h1-13,25H. The lowest BCUT2D eigenvalue weighted by Gasteiger charge is -2.08. The van der Waals surface area contributed by atoms with Crippen LogP contribution in [0, 0.1) is 0 Å². The zero-order valence-corrected chi connectivity index (χ0v) is 17.0. The first-order valence-electron chi connectivity index (χ1n) is 8.90. The molecule has 0 atom stereocenters. The quantitative estimate of drug-likeness (QED) is 0.452. The second-order valence-corrected chi connectivity index (χ2v) is 9.22. The summed E-state index contributed by atoms with van der Waals surface area (Å²) in [5.41, 5.74) is 3.52. The lowest BCUT2D eigenvalue weighted by Crippen LogP contribution is -2.11. The summed E-state index contributed by atoms with van der Waals surface area (Å²) in [6, 6.07) is 17.7. The molecular formula is C20H14N6O2S2. The van der Waals surface area contributed by atoms with Crippen molar-refractivity contribution in [2.75, 3.05) is 4.72 Å². The van der Waals surface area contributed by atoms with Crippen LogP contribution in [-0.4, -0.2) is 33.2 Å². The van der Waals surface area contributed by atoms with E-state index in [9.17, 15) is 8.42 Å². The Balaban J connectivity index is 1.46. The lowest BCUT2D eigenvalue weighted by molar-refractivity contribution is 0.603. The third-order valence-corrected chi connectivity index (χ3v) is 7.17.